The minimum Gasteiger partial charge on any atom is -0.288 e. The van der Waals surface area contributed by atoms with Crippen molar-refractivity contribution < 1.29 is 13.3 Å². The molecule has 15 heavy (non-hydrogen) atoms. The van der Waals surface area contributed by atoms with E-state index in [1.54, 1.807) is 0 Å². The Kier molecular flexibility index (Phi) is 3.42. The standard InChI is InChI=1S/C9H10N2O3S/c1-11(14-2)15(12,13)9-5-3-4-8(6-9)7-10/h3-6H,1-2H3. The predicted octanol–water partition coefficient (Wildman–Crippen LogP) is 0.740. The van der Waals surface area contributed by atoms with Gasteiger partial charge in [-0.1, -0.05) is 10.5 Å². The largest absolute Gasteiger partial charge is 0.288 e. The zero-order valence-electron chi connectivity index (χ0n) is 8.34. The smallest absolute Gasteiger partial charge is 0.264 e. The number of hydroxylamine groups is 1. The number of benzene rings is 1. The highest BCUT2D eigenvalue weighted by Gasteiger charge is 2.20. The molecule has 6 heteroatoms. The normalized spacial score (nSPS) is 11.3. The maximum Gasteiger partial charge on any atom is 0.264 e. The molecule has 0 aromatic heterocycles. The van der Waals surface area contributed by atoms with E-state index in [0.29, 0.717) is 5.56 Å². The number of sulfonamides is 1. The van der Waals surface area contributed by atoms with Gasteiger partial charge in [-0.05, 0) is 18.2 Å². The summed E-state index contributed by atoms with van der Waals surface area (Å²) < 4.78 is 24.2. The van der Waals surface area contributed by atoms with Crippen molar-refractivity contribution in [3.63, 3.8) is 0 Å². The van der Waals surface area contributed by atoms with Gasteiger partial charge in [0.15, 0.2) is 0 Å². The van der Waals surface area contributed by atoms with Crippen LogP contribution in [0.15, 0.2) is 29.2 Å². The van der Waals surface area contributed by atoms with Crippen molar-refractivity contribution in [2.75, 3.05) is 14.2 Å². The second-order valence-corrected chi connectivity index (χ2v) is 4.67. The molecule has 0 amide bonds. The zero-order chi connectivity index (χ0) is 11.5. The van der Waals surface area contributed by atoms with Gasteiger partial charge in [-0.3, -0.25) is 4.84 Å². The first-order chi connectivity index (χ1) is 7.02. The molecule has 0 radical (unpaired) electrons. The van der Waals surface area contributed by atoms with E-state index in [2.05, 4.69) is 4.84 Å². The van der Waals surface area contributed by atoms with Gasteiger partial charge in [0.25, 0.3) is 10.0 Å². The molecule has 1 rings (SSSR count). The lowest BCUT2D eigenvalue weighted by Gasteiger charge is -2.13. The monoisotopic (exact) mass is 226 g/mol. The number of nitrogens with zero attached hydrogens (tertiary/aromatic N) is 2. The van der Waals surface area contributed by atoms with E-state index >= 15 is 0 Å². The van der Waals surface area contributed by atoms with Gasteiger partial charge in [-0.15, -0.1) is 0 Å². The quantitative estimate of drug-likeness (QED) is 0.713. The average Bonchev–Trinajstić information content (AvgIpc) is 2.27. The van der Waals surface area contributed by atoms with Gasteiger partial charge in [0, 0.05) is 7.05 Å². The Morgan fingerprint density at radius 2 is 2.13 bits per heavy atom. The van der Waals surface area contributed by atoms with E-state index < -0.39 is 10.0 Å². The fourth-order valence-corrected chi connectivity index (χ4v) is 1.99. The summed E-state index contributed by atoms with van der Waals surface area (Å²) in [6, 6.07) is 7.62. The molecule has 1 aromatic carbocycles. The summed E-state index contributed by atoms with van der Waals surface area (Å²) in [5, 5.41) is 8.63. The fraction of sp³-hybridized carbons (Fsp3) is 0.222. The van der Waals surface area contributed by atoms with Crippen LogP contribution in [0, 0.1) is 11.3 Å². The summed E-state index contributed by atoms with van der Waals surface area (Å²) in [5.74, 6) is 0. The summed E-state index contributed by atoms with van der Waals surface area (Å²) in [4.78, 5) is 4.64. The van der Waals surface area contributed by atoms with Gasteiger partial charge >= 0.3 is 0 Å². The number of hydrogen-bond acceptors (Lipinski definition) is 4. The van der Waals surface area contributed by atoms with Gasteiger partial charge in [0.2, 0.25) is 0 Å². The van der Waals surface area contributed by atoms with Crippen LogP contribution in [0.2, 0.25) is 0 Å². The van der Waals surface area contributed by atoms with Gasteiger partial charge in [-0.25, -0.2) is 8.42 Å². The first-order valence-electron chi connectivity index (χ1n) is 4.05. The Morgan fingerprint density at radius 1 is 1.47 bits per heavy atom. The maximum absolute atomic E-state index is 11.7. The van der Waals surface area contributed by atoms with Gasteiger partial charge in [-0.2, -0.15) is 5.26 Å². The van der Waals surface area contributed by atoms with Crippen molar-refractivity contribution in [3.05, 3.63) is 29.8 Å². The SMILES string of the molecule is CON(C)S(=O)(=O)c1cccc(C#N)c1. The molecule has 0 heterocycles. The minimum absolute atomic E-state index is 0.0332. The summed E-state index contributed by atoms with van der Waals surface area (Å²) in [6.45, 7) is 0. The molecular formula is C9H10N2O3S. The molecular weight excluding hydrogens is 216 g/mol. The molecule has 0 aliphatic carbocycles. The molecule has 80 valence electrons. The van der Waals surface area contributed by atoms with Gasteiger partial charge in [0.1, 0.15) is 0 Å². The highest BCUT2D eigenvalue weighted by atomic mass is 32.2. The van der Waals surface area contributed by atoms with Crippen LogP contribution in [0.1, 0.15) is 5.56 Å². The highest BCUT2D eigenvalue weighted by molar-refractivity contribution is 7.89. The van der Waals surface area contributed by atoms with E-state index in [0.717, 1.165) is 4.47 Å². The minimum atomic E-state index is -3.66. The summed E-state index contributed by atoms with van der Waals surface area (Å²) in [6.07, 6.45) is 0. The Morgan fingerprint density at radius 3 is 2.67 bits per heavy atom. The predicted molar refractivity (Wildman–Crippen MR) is 53.1 cm³/mol. The van der Waals surface area contributed by atoms with E-state index in [1.165, 1.54) is 38.4 Å². The molecule has 0 saturated heterocycles. The van der Waals surface area contributed by atoms with Crippen LogP contribution in [0.3, 0.4) is 0 Å². The third-order valence-electron chi connectivity index (χ3n) is 1.86. The van der Waals surface area contributed by atoms with Crippen LogP contribution in [0.5, 0.6) is 0 Å². The van der Waals surface area contributed by atoms with E-state index in [4.69, 9.17) is 5.26 Å². The molecule has 0 aliphatic rings. The highest BCUT2D eigenvalue weighted by Crippen LogP contribution is 2.15. The van der Waals surface area contributed by atoms with E-state index in [-0.39, 0.29) is 4.90 Å². The number of nitriles is 1. The van der Waals surface area contributed by atoms with Crippen LogP contribution in [0.4, 0.5) is 0 Å². The fourth-order valence-electron chi connectivity index (χ4n) is 0.973. The molecule has 0 bridgehead atoms. The van der Waals surface area contributed by atoms with Crippen LogP contribution < -0.4 is 0 Å². The van der Waals surface area contributed by atoms with Crippen LogP contribution in [-0.2, 0) is 14.9 Å². The van der Waals surface area contributed by atoms with Crippen LogP contribution >= 0.6 is 0 Å². The first kappa shape index (κ1) is 11.7. The van der Waals surface area contributed by atoms with Crippen molar-refractivity contribution >= 4 is 10.0 Å². The number of rotatable bonds is 3. The maximum atomic E-state index is 11.7. The summed E-state index contributed by atoms with van der Waals surface area (Å²) in [5.41, 5.74) is 0.292. The Bertz CT molecular complexity index is 490. The summed E-state index contributed by atoms with van der Waals surface area (Å²) in [7, 11) is -1.12. The molecule has 1 aromatic rings. The topological polar surface area (TPSA) is 70.4 Å². The molecule has 0 unspecified atom stereocenters. The average molecular weight is 226 g/mol. The lowest BCUT2D eigenvalue weighted by molar-refractivity contribution is -0.0258. The molecule has 0 N–H and O–H groups in total. The van der Waals surface area contributed by atoms with Crippen molar-refractivity contribution in [1.82, 2.24) is 4.47 Å². The molecule has 0 atom stereocenters. The lowest BCUT2D eigenvalue weighted by Crippen LogP contribution is -2.25. The Labute approximate surface area is 88.5 Å². The van der Waals surface area contributed by atoms with Gasteiger partial charge in [0.05, 0.1) is 23.6 Å². The van der Waals surface area contributed by atoms with Crippen molar-refractivity contribution in [2.45, 2.75) is 4.90 Å². The third kappa shape index (κ3) is 2.33. The van der Waals surface area contributed by atoms with Crippen molar-refractivity contribution in [3.8, 4) is 6.07 Å². The first-order valence-corrected chi connectivity index (χ1v) is 5.49. The molecule has 0 saturated carbocycles. The van der Waals surface area contributed by atoms with E-state index in [1.807, 2.05) is 6.07 Å². The Hall–Kier alpha value is -1.42. The molecule has 0 aliphatic heterocycles. The third-order valence-corrected chi connectivity index (χ3v) is 3.53. The van der Waals surface area contributed by atoms with Crippen molar-refractivity contribution in [2.24, 2.45) is 0 Å². The molecule has 0 spiro atoms. The number of hydrogen-bond donors (Lipinski definition) is 0. The van der Waals surface area contributed by atoms with E-state index in [9.17, 15) is 8.42 Å². The Balaban J connectivity index is 3.23. The zero-order valence-corrected chi connectivity index (χ0v) is 9.15. The summed E-state index contributed by atoms with van der Waals surface area (Å²) >= 11 is 0. The molecule has 0 fully saturated rings. The van der Waals surface area contributed by atoms with Crippen LogP contribution in [0.25, 0.3) is 0 Å². The second kappa shape index (κ2) is 4.40. The molecule has 5 nitrogen and oxygen atoms in total. The van der Waals surface area contributed by atoms with Crippen molar-refractivity contribution in [1.29, 1.82) is 5.26 Å². The lowest BCUT2D eigenvalue weighted by atomic mass is 10.2. The van der Waals surface area contributed by atoms with Crippen LogP contribution in [-0.4, -0.2) is 27.0 Å². The van der Waals surface area contributed by atoms with Gasteiger partial charge < -0.3 is 0 Å². The second-order valence-electron chi connectivity index (χ2n) is 2.74.